The summed E-state index contributed by atoms with van der Waals surface area (Å²) in [7, 11) is 0. The van der Waals surface area contributed by atoms with Crippen molar-refractivity contribution in [1.82, 2.24) is 18.9 Å². The topological polar surface area (TPSA) is 35.1 Å². The summed E-state index contributed by atoms with van der Waals surface area (Å²) in [5, 5.41) is 11.5. The number of benzene rings is 7. The van der Waals surface area contributed by atoms with Gasteiger partial charge in [0.05, 0.1) is 33.1 Å². The standard InChI is InChI=1S/C42H22N4S/c1-2-11-26-24(10-1)40-36(37-28-13-4-8-19-35(28)47-41(26)37)27-12-3-7-18-33(27)45(40)23-20-21-34-30(22-23)25-14-9-15-29-38-42(46(34)39(25)29)44-32-17-6-5-16-31(32)43-38/h1-22H. The van der Waals surface area contributed by atoms with Crippen molar-refractivity contribution in [2.75, 3.05) is 0 Å². The van der Waals surface area contributed by atoms with Gasteiger partial charge in [0.15, 0.2) is 5.65 Å². The Labute approximate surface area is 270 Å². The maximum absolute atomic E-state index is 5.15. The van der Waals surface area contributed by atoms with E-state index in [-0.39, 0.29) is 0 Å². The van der Waals surface area contributed by atoms with E-state index in [4.69, 9.17) is 9.97 Å². The van der Waals surface area contributed by atoms with Gasteiger partial charge in [0.1, 0.15) is 5.52 Å². The first-order valence-electron chi connectivity index (χ1n) is 15.9. The van der Waals surface area contributed by atoms with E-state index in [2.05, 4.69) is 118 Å². The molecule has 0 amide bonds. The number of hydrogen-bond acceptors (Lipinski definition) is 3. The zero-order valence-corrected chi connectivity index (χ0v) is 25.7. The molecular formula is C42H22N4S. The quantitative estimate of drug-likeness (QED) is 0.184. The van der Waals surface area contributed by atoms with Gasteiger partial charge in [0.2, 0.25) is 0 Å². The Balaban J connectivity index is 1.26. The fourth-order valence-electron chi connectivity index (χ4n) is 8.32. The molecule has 12 rings (SSSR count). The zero-order chi connectivity index (χ0) is 30.4. The molecule has 0 spiro atoms. The summed E-state index contributed by atoms with van der Waals surface area (Å²) in [6.07, 6.45) is 0. The van der Waals surface area contributed by atoms with Gasteiger partial charge in [-0.1, -0.05) is 91.0 Å². The van der Waals surface area contributed by atoms with E-state index < -0.39 is 0 Å². The lowest BCUT2D eigenvalue weighted by Crippen LogP contribution is -1.95. The molecular weight excluding hydrogens is 593 g/mol. The van der Waals surface area contributed by atoms with Crippen molar-refractivity contribution in [3.05, 3.63) is 133 Å². The van der Waals surface area contributed by atoms with Crippen LogP contribution in [0.15, 0.2) is 133 Å². The Morgan fingerprint density at radius 2 is 1.15 bits per heavy atom. The molecule has 0 aliphatic rings. The molecule has 0 bridgehead atoms. The number of fused-ring (bicyclic) bond motifs is 17. The summed E-state index contributed by atoms with van der Waals surface area (Å²) in [6, 6.07) is 48.4. The molecule has 0 radical (unpaired) electrons. The van der Waals surface area contributed by atoms with Crippen molar-refractivity contribution in [3.63, 3.8) is 0 Å². The van der Waals surface area contributed by atoms with Crippen LogP contribution in [0.2, 0.25) is 0 Å². The van der Waals surface area contributed by atoms with Crippen molar-refractivity contribution in [2.45, 2.75) is 0 Å². The summed E-state index contributed by atoms with van der Waals surface area (Å²) < 4.78 is 7.50. The van der Waals surface area contributed by atoms with Crippen LogP contribution in [0.3, 0.4) is 0 Å². The first-order valence-corrected chi connectivity index (χ1v) is 16.8. The van der Waals surface area contributed by atoms with Gasteiger partial charge in [0, 0.05) is 63.6 Å². The maximum atomic E-state index is 5.15. The third kappa shape index (κ3) is 2.90. The SMILES string of the molecule is c1ccc2nc3c(nc2c1)c1cccc2c4cc(-n5c6ccccc6c6c7c8ccccc8sc7c7ccccc7c65)ccc4n3c21. The molecule has 0 atom stereocenters. The van der Waals surface area contributed by atoms with E-state index in [0.717, 1.165) is 38.8 Å². The van der Waals surface area contributed by atoms with Crippen molar-refractivity contribution in [3.8, 4) is 5.69 Å². The fourth-order valence-corrected chi connectivity index (χ4v) is 9.57. The van der Waals surface area contributed by atoms with Gasteiger partial charge >= 0.3 is 0 Å². The molecule has 0 unspecified atom stereocenters. The van der Waals surface area contributed by atoms with Crippen LogP contribution in [-0.2, 0) is 0 Å². The predicted molar refractivity (Wildman–Crippen MR) is 199 cm³/mol. The van der Waals surface area contributed by atoms with Crippen molar-refractivity contribution in [1.29, 1.82) is 0 Å². The lowest BCUT2D eigenvalue weighted by molar-refractivity contribution is 1.19. The largest absolute Gasteiger partial charge is 0.309 e. The summed E-state index contributed by atoms with van der Waals surface area (Å²) in [6.45, 7) is 0. The molecule has 12 aromatic rings. The maximum Gasteiger partial charge on any atom is 0.165 e. The zero-order valence-electron chi connectivity index (χ0n) is 24.9. The van der Waals surface area contributed by atoms with Crippen LogP contribution in [0.25, 0.3) is 108 Å². The van der Waals surface area contributed by atoms with Crippen LogP contribution >= 0.6 is 11.3 Å². The molecule has 0 N–H and O–H groups in total. The third-order valence-corrected chi connectivity index (χ3v) is 11.4. The Hall–Kier alpha value is -6.04. The molecule has 0 saturated carbocycles. The van der Waals surface area contributed by atoms with Crippen LogP contribution < -0.4 is 0 Å². The van der Waals surface area contributed by atoms with E-state index >= 15 is 0 Å². The first kappa shape index (κ1) is 24.2. The lowest BCUT2D eigenvalue weighted by Gasteiger charge is -2.11. The molecule has 4 nitrogen and oxygen atoms in total. The minimum absolute atomic E-state index is 0.909. The second kappa shape index (κ2) is 8.40. The molecule has 0 aliphatic heterocycles. The van der Waals surface area contributed by atoms with E-state index in [0.29, 0.717) is 0 Å². The van der Waals surface area contributed by atoms with Gasteiger partial charge in [-0.05, 0) is 42.5 Å². The van der Waals surface area contributed by atoms with E-state index in [1.807, 2.05) is 35.6 Å². The van der Waals surface area contributed by atoms with Crippen molar-refractivity contribution < 1.29 is 0 Å². The van der Waals surface area contributed by atoms with Crippen molar-refractivity contribution in [2.24, 2.45) is 0 Å². The molecule has 0 fully saturated rings. The van der Waals surface area contributed by atoms with Gasteiger partial charge < -0.3 is 4.57 Å². The van der Waals surface area contributed by atoms with Crippen LogP contribution in [0.4, 0.5) is 0 Å². The molecule has 5 heteroatoms. The van der Waals surface area contributed by atoms with E-state index in [9.17, 15) is 0 Å². The second-order valence-corrected chi connectivity index (χ2v) is 13.6. The predicted octanol–water partition coefficient (Wildman–Crippen LogP) is 11.4. The Bertz CT molecular complexity index is 3310. The molecule has 5 heterocycles. The smallest absolute Gasteiger partial charge is 0.165 e. The molecule has 47 heavy (non-hydrogen) atoms. The number of rotatable bonds is 1. The fraction of sp³-hybridized carbons (Fsp3) is 0. The number of hydrogen-bond donors (Lipinski definition) is 0. The van der Waals surface area contributed by atoms with Crippen molar-refractivity contribution >= 4 is 113 Å². The monoisotopic (exact) mass is 614 g/mol. The minimum Gasteiger partial charge on any atom is -0.309 e. The highest BCUT2D eigenvalue weighted by atomic mass is 32.1. The molecule has 0 saturated heterocycles. The van der Waals surface area contributed by atoms with E-state index in [1.165, 1.54) is 69.0 Å². The molecule has 7 aromatic carbocycles. The Kier molecular flexibility index (Phi) is 4.33. The van der Waals surface area contributed by atoms with Gasteiger partial charge in [-0.25, -0.2) is 9.97 Å². The summed E-state index contributed by atoms with van der Waals surface area (Å²) >= 11 is 1.91. The van der Waals surface area contributed by atoms with Gasteiger partial charge in [-0.15, -0.1) is 11.3 Å². The highest BCUT2D eigenvalue weighted by molar-refractivity contribution is 7.27. The minimum atomic E-state index is 0.909. The average molecular weight is 615 g/mol. The number of aromatic nitrogens is 4. The number of nitrogens with zero attached hydrogens (tertiary/aromatic N) is 4. The Morgan fingerprint density at radius 3 is 2.04 bits per heavy atom. The average Bonchev–Trinajstić information content (AvgIpc) is 3.86. The van der Waals surface area contributed by atoms with Crippen LogP contribution in [0, 0.1) is 0 Å². The van der Waals surface area contributed by atoms with Gasteiger partial charge in [0.25, 0.3) is 0 Å². The van der Waals surface area contributed by atoms with Crippen LogP contribution in [-0.4, -0.2) is 18.9 Å². The number of para-hydroxylation sites is 4. The number of thiophene rings is 1. The normalized spacial score (nSPS) is 12.7. The third-order valence-electron chi connectivity index (χ3n) is 10.2. The summed E-state index contributed by atoms with van der Waals surface area (Å²) in [5.74, 6) is 0. The van der Waals surface area contributed by atoms with Crippen LogP contribution in [0.5, 0.6) is 0 Å². The van der Waals surface area contributed by atoms with Gasteiger partial charge in [-0.2, -0.15) is 0 Å². The molecule has 216 valence electrons. The highest BCUT2D eigenvalue weighted by Gasteiger charge is 2.23. The highest BCUT2D eigenvalue weighted by Crippen LogP contribution is 2.48. The lowest BCUT2D eigenvalue weighted by atomic mass is 10.00. The second-order valence-electron chi connectivity index (χ2n) is 12.5. The van der Waals surface area contributed by atoms with Crippen LogP contribution in [0.1, 0.15) is 0 Å². The summed E-state index contributed by atoms with van der Waals surface area (Å²) in [5.41, 5.74) is 9.67. The van der Waals surface area contributed by atoms with E-state index in [1.54, 1.807) is 0 Å². The molecule has 5 aromatic heterocycles. The first-order chi connectivity index (χ1) is 23.3. The molecule has 0 aliphatic carbocycles. The summed E-state index contributed by atoms with van der Waals surface area (Å²) in [4.78, 5) is 10.2. The van der Waals surface area contributed by atoms with Gasteiger partial charge in [-0.3, -0.25) is 4.40 Å². The Morgan fingerprint density at radius 1 is 0.468 bits per heavy atom.